The summed E-state index contributed by atoms with van der Waals surface area (Å²) in [4.78, 5) is 40.3. The molecule has 2 heterocycles. The molecule has 156 valence electrons. The van der Waals surface area contributed by atoms with Gasteiger partial charge in [-0.3, -0.25) is 19.3 Å². The highest BCUT2D eigenvalue weighted by Gasteiger charge is 2.37. The number of carbonyl (C=O) groups excluding carboxylic acids is 3. The van der Waals surface area contributed by atoms with E-state index in [9.17, 15) is 14.4 Å². The maximum atomic E-state index is 12.6. The molecule has 1 atom stereocenters. The summed E-state index contributed by atoms with van der Waals surface area (Å²) in [6.07, 6.45) is 2.47. The van der Waals surface area contributed by atoms with Crippen LogP contribution in [0.4, 0.5) is 10.5 Å². The van der Waals surface area contributed by atoms with E-state index in [1.165, 1.54) is 11.3 Å². The van der Waals surface area contributed by atoms with Gasteiger partial charge < -0.3 is 9.64 Å². The first kappa shape index (κ1) is 21.4. The molecule has 0 unspecified atom stereocenters. The summed E-state index contributed by atoms with van der Waals surface area (Å²) in [5, 5.41) is -0.449. The van der Waals surface area contributed by atoms with Crippen molar-refractivity contribution in [3.05, 3.63) is 34.2 Å². The Labute approximate surface area is 176 Å². The van der Waals surface area contributed by atoms with Gasteiger partial charge in [-0.25, -0.2) is 0 Å². The van der Waals surface area contributed by atoms with E-state index in [0.717, 1.165) is 28.6 Å². The van der Waals surface area contributed by atoms with Crippen LogP contribution >= 0.6 is 11.8 Å². The lowest BCUT2D eigenvalue weighted by Gasteiger charge is -2.45. The average molecular weight is 417 g/mol. The molecular weight excluding hydrogens is 388 g/mol. The predicted octanol–water partition coefficient (Wildman–Crippen LogP) is 4.40. The summed E-state index contributed by atoms with van der Waals surface area (Å²) < 4.78 is 5.04. The van der Waals surface area contributed by atoms with Crippen molar-refractivity contribution in [3.63, 3.8) is 0 Å². The normalized spacial score (nSPS) is 22.4. The van der Waals surface area contributed by atoms with Crippen LogP contribution < -0.4 is 4.90 Å². The van der Waals surface area contributed by atoms with Crippen LogP contribution in [-0.2, 0) is 14.3 Å². The molecule has 1 aromatic rings. The van der Waals surface area contributed by atoms with E-state index in [1.807, 2.05) is 6.07 Å². The summed E-state index contributed by atoms with van der Waals surface area (Å²) in [6, 6.07) is 6.13. The molecule has 3 rings (SSSR count). The summed E-state index contributed by atoms with van der Waals surface area (Å²) >= 11 is 0.856. The Balaban J connectivity index is 1.83. The highest BCUT2D eigenvalue weighted by Crippen LogP contribution is 2.43. The van der Waals surface area contributed by atoms with Crippen molar-refractivity contribution in [2.45, 2.75) is 58.6 Å². The zero-order valence-corrected chi connectivity index (χ0v) is 18.6. The van der Waals surface area contributed by atoms with Crippen molar-refractivity contribution < 1.29 is 19.1 Å². The summed E-state index contributed by atoms with van der Waals surface area (Å²) in [6.45, 7) is 9.77. The number of carbonyl (C=O) groups is 3. The third-order valence-corrected chi connectivity index (χ3v) is 6.39. The maximum Gasteiger partial charge on any atom is 0.326 e. The molecule has 1 fully saturated rings. The number of esters is 1. The molecule has 1 saturated heterocycles. The molecule has 0 N–H and O–H groups in total. The molecule has 1 aromatic carbocycles. The van der Waals surface area contributed by atoms with Gasteiger partial charge in [0.25, 0.3) is 11.1 Å². The Morgan fingerprint density at radius 1 is 1.34 bits per heavy atom. The van der Waals surface area contributed by atoms with Gasteiger partial charge >= 0.3 is 5.97 Å². The van der Waals surface area contributed by atoms with Crippen molar-refractivity contribution in [2.75, 3.05) is 18.5 Å². The molecule has 29 heavy (non-hydrogen) atoms. The number of ether oxygens (including phenoxy) is 1. The lowest BCUT2D eigenvalue weighted by molar-refractivity contribution is -0.149. The summed E-state index contributed by atoms with van der Waals surface area (Å²) in [7, 11) is 2.10. The minimum Gasteiger partial charge on any atom is -0.462 e. The number of anilines is 1. The van der Waals surface area contributed by atoms with E-state index in [0.29, 0.717) is 10.8 Å². The zero-order valence-electron chi connectivity index (χ0n) is 17.8. The molecule has 2 amide bonds. The van der Waals surface area contributed by atoms with Gasteiger partial charge in [0, 0.05) is 18.3 Å². The first-order valence-electron chi connectivity index (χ1n) is 9.82. The Bertz CT molecular complexity index is 891. The lowest BCUT2D eigenvalue weighted by atomic mass is 9.80. The number of benzene rings is 1. The second kappa shape index (κ2) is 7.86. The first-order valence-corrected chi connectivity index (χ1v) is 10.6. The predicted molar refractivity (Wildman–Crippen MR) is 116 cm³/mol. The molecular formula is C22H28N2O4S. The van der Waals surface area contributed by atoms with Gasteiger partial charge in [0.2, 0.25) is 0 Å². The number of rotatable bonds is 4. The fourth-order valence-electron chi connectivity index (χ4n) is 3.90. The van der Waals surface area contributed by atoms with E-state index in [4.69, 9.17) is 4.74 Å². The van der Waals surface area contributed by atoms with E-state index in [1.54, 1.807) is 19.9 Å². The number of hydrogen-bond donors (Lipinski definition) is 0. The average Bonchev–Trinajstić information content (AvgIpc) is 2.86. The highest BCUT2D eigenvalue weighted by molar-refractivity contribution is 8.18. The van der Waals surface area contributed by atoms with Crippen molar-refractivity contribution >= 4 is 40.6 Å². The van der Waals surface area contributed by atoms with E-state index >= 15 is 0 Å². The number of hydrogen-bond acceptors (Lipinski definition) is 6. The van der Waals surface area contributed by atoms with Crippen LogP contribution in [0.15, 0.2) is 23.1 Å². The van der Waals surface area contributed by atoms with Crippen LogP contribution in [0.25, 0.3) is 6.08 Å². The van der Waals surface area contributed by atoms with E-state index in [-0.39, 0.29) is 18.2 Å². The highest BCUT2D eigenvalue weighted by atomic mass is 32.2. The van der Waals surface area contributed by atoms with Gasteiger partial charge in [-0.05, 0) is 81.1 Å². The summed E-state index contributed by atoms with van der Waals surface area (Å²) in [5.41, 5.74) is 3.39. The number of amides is 2. The molecule has 6 nitrogen and oxygen atoms in total. The molecule has 0 radical (unpaired) electrons. The van der Waals surface area contributed by atoms with Crippen LogP contribution in [0.3, 0.4) is 0 Å². The van der Waals surface area contributed by atoms with Gasteiger partial charge in [-0.1, -0.05) is 13.0 Å². The van der Waals surface area contributed by atoms with E-state index < -0.39 is 17.1 Å². The van der Waals surface area contributed by atoms with Crippen LogP contribution in [0, 0.1) is 0 Å². The fourth-order valence-corrected chi connectivity index (χ4v) is 4.74. The number of fused-ring (bicyclic) bond motifs is 1. The quantitative estimate of drug-likeness (QED) is 0.535. The minimum atomic E-state index is -0.586. The van der Waals surface area contributed by atoms with Crippen LogP contribution in [0.1, 0.15) is 58.1 Å². The van der Waals surface area contributed by atoms with Gasteiger partial charge in [0.15, 0.2) is 0 Å². The van der Waals surface area contributed by atoms with Crippen LogP contribution in [-0.4, -0.2) is 47.3 Å². The van der Waals surface area contributed by atoms with Crippen molar-refractivity contribution in [1.82, 2.24) is 4.90 Å². The largest absolute Gasteiger partial charge is 0.462 e. The Morgan fingerprint density at radius 3 is 2.69 bits per heavy atom. The number of nitrogens with zero attached hydrogens (tertiary/aromatic N) is 2. The van der Waals surface area contributed by atoms with Crippen LogP contribution in [0.2, 0.25) is 0 Å². The second-order valence-electron chi connectivity index (χ2n) is 8.60. The Hall–Kier alpha value is -2.28. The molecule has 0 saturated carbocycles. The summed E-state index contributed by atoms with van der Waals surface area (Å²) in [5.74, 6) is -0.646. The van der Waals surface area contributed by atoms with Gasteiger partial charge in [0.05, 0.1) is 11.0 Å². The fraction of sp³-hybridized carbons (Fsp3) is 0.500. The van der Waals surface area contributed by atoms with Gasteiger partial charge in [0.1, 0.15) is 6.54 Å². The molecule has 0 spiro atoms. The third kappa shape index (κ3) is 4.34. The monoisotopic (exact) mass is 416 g/mol. The Morgan fingerprint density at radius 2 is 2.03 bits per heavy atom. The van der Waals surface area contributed by atoms with Crippen molar-refractivity contribution in [1.29, 1.82) is 0 Å². The minimum absolute atomic E-state index is 0.0845. The standard InChI is InChI=1S/C22H28N2O4S/c1-13(2)28-19(25)12-24-20(26)18(29-21(24)27)10-15-7-8-17-16(9-15)14(3)11-22(4,5)23(17)6/h7-10,13-14H,11-12H2,1-6H3/b18-10+/t14-/m1/s1. The number of imide groups is 1. The SMILES string of the molecule is CC(C)OC(=O)CN1C(=O)S/C(=C/c2ccc3c(c2)[C@H](C)CC(C)(C)N3C)C1=O. The first-order chi connectivity index (χ1) is 13.5. The third-order valence-electron chi connectivity index (χ3n) is 5.48. The van der Waals surface area contributed by atoms with Crippen LogP contribution in [0.5, 0.6) is 0 Å². The lowest BCUT2D eigenvalue weighted by Crippen LogP contribution is -2.45. The zero-order chi connectivity index (χ0) is 21.5. The second-order valence-corrected chi connectivity index (χ2v) is 9.59. The van der Waals surface area contributed by atoms with Crippen molar-refractivity contribution in [2.24, 2.45) is 0 Å². The smallest absolute Gasteiger partial charge is 0.326 e. The molecule has 2 aliphatic rings. The molecule has 7 heteroatoms. The molecule has 0 bridgehead atoms. The molecule has 2 aliphatic heterocycles. The van der Waals surface area contributed by atoms with Gasteiger partial charge in [-0.2, -0.15) is 0 Å². The number of thioether (sulfide) groups is 1. The Kier molecular flexibility index (Phi) is 5.81. The van der Waals surface area contributed by atoms with E-state index in [2.05, 4.69) is 44.9 Å². The molecule has 0 aliphatic carbocycles. The van der Waals surface area contributed by atoms with Crippen molar-refractivity contribution in [3.8, 4) is 0 Å². The van der Waals surface area contributed by atoms with Gasteiger partial charge in [-0.15, -0.1) is 0 Å². The topological polar surface area (TPSA) is 66.9 Å². The maximum absolute atomic E-state index is 12.6. The molecule has 0 aromatic heterocycles.